The van der Waals surface area contributed by atoms with Crippen molar-refractivity contribution in [3.63, 3.8) is 0 Å². The van der Waals surface area contributed by atoms with Gasteiger partial charge in [-0.05, 0) is 36.8 Å². The van der Waals surface area contributed by atoms with Gasteiger partial charge in [0.05, 0.1) is 6.26 Å². The molecule has 0 atom stereocenters. The Balaban J connectivity index is 1.66. The van der Waals surface area contributed by atoms with Gasteiger partial charge in [0.1, 0.15) is 11.3 Å². The van der Waals surface area contributed by atoms with Gasteiger partial charge in [0.15, 0.2) is 12.4 Å². The van der Waals surface area contributed by atoms with Gasteiger partial charge in [0.2, 0.25) is 0 Å². The maximum atomic E-state index is 11.9. The molecule has 0 aliphatic carbocycles. The number of furan rings is 1. The second-order valence-corrected chi connectivity index (χ2v) is 4.57. The topological polar surface area (TPSA) is 98.6 Å². The van der Waals surface area contributed by atoms with Crippen LogP contribution < -0.4 is 0 Å². The van der Waals surface area contributed by atoms with Crippen LogP contribution in [0.15, 0.2) is 45.4 Å². The fraction of sp³-hybridized carbons (Fsp3) is 0.133. The number of carbonyl (C=O) groups excluding carboxylic acids is 1. The van der Waals surface area contributed by atoms with Gasteiger partial charge in [-0.1, -0.05) is 6.07 Å². The molecule has 7 nitrogen and oxygen atoms in total. The third-order valence-electron chi connectivity index (χ3n) is 2.90. The molecule has 2 heterocycles. The maximum Gasteiger partial charge on any atom is 0.342 e. The maximum absolute atomic E-state index is 11.9. The van der Waals surface area contributed by atoms with Gasteiger partial charge >= 0.3 is 5.97 Å². The first-order valence-corrected chi connectivity index (χ1v) is 6.46. The van der Waals surface area contributed by atoms with Crippen molar-refractivity contribution in [2.24, 2.45) is 0 Å². The minimum absolute atomic E-state index is 0.0800. The molecular formula is C15H12N2O5. The third-order valence-corrected chi connectivity index (χ3v) is 2.90. The number of esters is 1. The zero-order valence-corrected chi connectivity index (χ0v) is 11.6. The van der Waals surface area contributed by atoms with E-state index in [9.17, 15) is 9.90 Å². The van der Waals surface area contributed by atoms with Gasteiger partial charge in [0, 0.05) is 0 Å². The lowest BCUT2D eigenvalue weighted by Gasteiger charge is -2.04. The van der Waals surface area contributed by atoms with Crippen molar-refractivity contribution in [3.05, 3.63) is 53.6 Å². The molecule has 0 saturated heterocycles. The highest BCUT2D eigenvalue weighted by Gasteiger charge is 2.16. The summed E-state index contributed by atoms with van der Waals surface area (Å²) < 4.78 is 15.5. The van der Waals surface area contributed by atoms with E-state index in [4.69, 9.17) is 13.6 Å². The second-order valence-electron chi connectivity index (χ2n) is 4.57. The van der Waals surface area contributed by atoms with Gasteiger partial charge in [-0.25, -0.2) is 4.79 Å². The summed E-state index contributed by atoms with van der Waals surface area (Å²) >= 11 is 0. The second kappa shape index (κ2) is 5.72. The van der Waals surface area contributed by atoms with E-state index in [0.717, 1.165) is 5.56 Å². The number of ether oxygens (including phenoxy) is 1. The van der Waals surface area contributed by atoms with Crippen molar-refractivity contribution in [3.8, 4) is 17.4 Å². The first-order chi connectivity index (χ1) is 10.6. The Bertz CT molecular complexity index is 792. The Hall–Kier alpha value is -3.09. The minimum atomic E-state index is -0.671. The van der Waals surface area contributed by atoms with Crippen LogP contribution in [0.3, 0.4) is 0 Å². The molecule has 7 heteroatoms. The first kappa shape index (κ1) is 13.9. The van der Waals surface area contributed by atoms with E-state index in [-0.39, 0.29) is 29.7 Å². The standard InChI is InChI=1S/C15H12N2O5/c1-9-4-5-10(11(18)7-9)15(19)21-8-13-16-17-14(22-13)12-3-2-6-20-12/h2-7,18H,8H2,1H3. The number of nitrogens with zero attached hydrogens (tertiary/aromatic N) is 2. The zero-order valence-electron chi connectivity index (χ0n) is 11.6. The number of aromatic hydroxyl groups is 1. The van der Waals surface area contributed by atoms with Crippen molar-refractivity contribution in [1.29, 1.82) is 0 Å². The minimum Gasteiger partial charge on any atom is -0.507 e. The van der Waals surface area contributed by atoms with Crippen LogP contribution in [0.5, 0.6) is 5.75 Å². The number of hydrogen-bond donors (Lipinski definition) is 1. The molecule has 1 N–H and O–H groups in total. The van der Waals surface area contributed by atoms with Gasteiger partial charge in [0.25, 0.3) is 11.8 Å². The molecule has 3 aromatic rings. The molecule has 0 fully saturated rings. The molecular weight excluding hydrogens is 288 g/mol. The summed E-state index contributed by atoms with van der Waals surface area (Å²) in [5.41, 5.74) is 0.922. The molecule has 0 aliphatic rings. The molecule has 0 spiro atoms. The van der Waals surface area contributed by atoms with Crippen LogP contribution in [0, 0.1) is 6.92 Å². The average molecular weight is 300 g/mol. The molecule has 2 aromatic heterocycles. The van der Waals surface area contributed by atoms with Crippen LogP contribution in [0.25, 0.3) is 11.7 Å². The van der Waals surface area contributed by atoms with Crippen molar-refractivity contribution in [1.82, 2.24) is 10.2 Å². The third kappa shape index (κ3) is 2.83. The van der Waals surface area contributed by atoms with E-state index in [2.05, 4.69) is 10.2 Å². The average Bonchev–Trinajstić information content (AvgIpc) is 3.16. The fourth-order valence-corrected chi connectivity index (χ4v) is 1.83. The summed E-state index contributed by atoms with van der Waals surface area (Å²) in [7, 11) is 0. The molecule has 22 heavy (non-hydrogen) atoms. The summed E-state index contributed by atoms with van der Waals surface area (Å²) in [6, 6.07) is 8.05. The van der Waals surface area contributed by atoms with Crippen LogP contribution in [0.2, 0.25) is 0 Å². The predicted octanol–water partition coefficient (Wildman–Crippen LogP) is 2.70. The molecule has 112 valence electrons. The molecule has 3 rings (SSSR count). The summed E-state index contributed by atoms with van der Waals surface area (Å²) in [6.07, 6.45) is 1.49. The highest BCUT2D eigenvalue weighted by Crippen LogP contribution is 2.21. The van der Waals surface area contributed by atoms with Crippen LogP contribution >= 0.6 is 0 Å². The Labute approximate surface area is 125 Å². The number of aromatic nitrogens is 2. The van der Waals surface area contributed by atoms with Crippen LogP contribution in [-0.2, 0) is 11.3 Å². The Morgan fingerprint density at radius 1 is 1.32 bits per heavy atom. The summed E-state index contributed by atoms with van der Waals surface area (Å²) in [4.78, 5) is 11.9. The fourth-order valence-electron chi connectivity index (χ4n) is 1.83. The SMILES string of the molecule is Cc1ccc(C(=O)OCc2nnc(-c3ccco3)o2)c(O)c1. The molecule has 1 aromatic carbocycles. The number of phenols is 1. The molecule has 0 bridgehead atoms. The van der Waals surface area contributed by atoms with E-state index in [1.165, 1.54) is 18.4 Å². The molecule has 0 unspecified atom stereocenters. The van der Waals surface area contributed by atoms with Crippen LogP contribution in [0.4, 0.5) is 0 Å². The molecule has 0 radical (unpaired) electrons. The Kier molecular flexibility index (Phi) is 3.61. The van der Waals surface area contributed by atoms with Gasteiger partial charge in [-0.3, -0.25) is 0 Å². The highest BCUT2D eigenvalue weighted by atomic mass is 16.5. The van der Waals surface area contributed by atoms with E-state index in [1.807, 2.05) is 6.92 Å². The van der Waals surface area contributed by atoms with Crippen molar-refractivity contribution in [2.75, 3.05) is 0 Å². The van der Waals surface area contributed by atoms with Crippen LogP contribution in [0.1, 0.15) is 21.8 Å². The number of carbonyl (C=O) groups is 1. The number of benzene rings is 1. The Morgan fingerprint density at radius 2 is 2.18 bits per heavy atom. The summed E-state index contributed by atoms with van der Waals surface area (Å²) in [6.45, 7) is 1.61. The van der Waals surface area contributed by atoms with Crippen molar-refractivity contribution < 1.29 is 23.5 Å². The lowest BCUT2D eigenvalue weighted by atomic mass is 10.1. The van der Waals surface area contributed by atoms with Crippen molar-refractivity contribution >= 4 is 5.97 Å². The van der Waals surface area contributed by atoms with E-state index in [1.54, 1.807) is 18.2 Å². The van der Waals surface area contributed by atoms with Crippen LogP contribution in [-0.4, -0.2) is 21.3 Å². The Morgan fingerprint density at radius 3 is 2.91 bits per heavy atom. The number of phenolic OH excluding ortho intramolecular Hbond substituents is 1. The highest BCUT2D eigenvalue weighted by molar-refractivity contribution is 5.92. The summed E-state index contributed by atoms with van der Waals surface area (Å²) in [5.74, 6) is -0.0381. The monoisotopic (exact) mass is 300 g/mol. The van der Waals surface area contributed by atoms with E-state index < -0.39 is 5.97 Å². The first-order valence-electron chi connectivity index (χ1n) is 6.46. The van der Waals surface area contributed by atoms with Crippen molar-refractivity contribution in [2.45, 2.75) is 13.5 Å². The smallest absolute Gasteiger partial charge is 0.342 e. The van der Waals surface area contributed by atoms with Gasteiger partial charge < -0.3 is 18.7 Å². The van der Waals surface area contributed by atoms with E-state index in [0.29, 0.717) is 5.76 Å². The lowest BCUT2D eigenvalue weighted by Crippen LogP contribution is -2.05. The van der Waals surface area contributed by atoms with E-state index >= 15 is 0 Å². The quantitative estimate of drug-likeness (QED) is 0.739. The molecule has 0 saturated carbocycles. The lowest BCUT2D eigenvalue weighted by molar-refractivity contribution is 0.0435. The number of hydrogen-bond acceptors (Lipinski definition) is 7. The molecule has 0 amide bonds. The number of aryl methyl sites for hydroxylation is 1. The zero-order chi connectivity index (χ0) is 15.5. The molecule has 0 aliphatic heterocycles. The van der Waals surface area contributed by atoms with Gasteiger partial charge in [-0.2, -0.15) is 0 Å². The largest absolute Gasteiger partial charge is 0.507 e. The summed E-state index contributed by atoms with van der Waals surface area (Å²) in [5, 5.41) is 17.3. The number of rotatable bonds is 4. The van der Waals surface area contributed by atoms with Gasteiger partial charge in [-0.15, -0.1) is 10.2 Å². The normalized spacial score (nSPS) is 10.6. The predicted molar refractivity (Wildman–Crippen MR) is 74.0 cm³/mol.